The van der Waals surface area contributed by atoms with Crippen molar-refractivity contribution in [3.8, 4) is 0 Å². The van der Waals surface area contributed by atoms with E-state index in [1.807, 2.05) is 12.1 Å². The highest BCUT2D eigenvalue weighted by Gasteiger charge is 2.33. The zero-order valence-electron chi connectivity index (χ0n) is 17.3. The molecule has 31 heavy (non-hydrogen) atoms. The molecule has 6 nitrogen and oxygen atoms in total. The molecular weight excluding hydrogens is 432 g/mol. The van der Waals surface area contributed by atoms with E-state index in [9.17, 15) is 13.2 Å². The number of benzene rings is 2. The van der Waals surface area contributed by atoms with E-state index < -0.39 is 16.0 Å². The van der Waals surface area contributed by atoms with Crippen LogP contribution in [-0.4, -0.2) is 39.5 Å². The molecule has 0 amide bonds. The van der Waals surface area contributed by atoms with Gasteiger partial charge in [0.25, 0.3) is 10.0 Å². The fourth-order valence-corrected chi connectivity index (χ4v) is 6.94. The maximum atomic E-state index is 12.8. The number of carbonyl (C=O) groups is 1. The Morgan fingerprint density at radius 3 is 2.81 bits per heavy atom. The van der Waals surface area contributed by atoms with Crippen LogP contribution in [0.5, 0.6) is 0 Å². The lowest BCUT2D eigenvalue weighted by molar-refractivity contribution is 0.0595. The van der Waals surface area contributed by atoms with E-state index in [4.69, 9.17) is 4.74 Å². The van der Waals surface area contributed by atoms with Crippen LogP contribution in [0.15, 0.2) is 59.3 Å². The van der Waals surface area contributed by atoms with Gasteiger partial charge in [-0.15, -0.1) is 17.9 Å². The van der Waals surface area contributed by atoms with Crippen molar-refractivity contribution in [2.24, 2.45) is 0 Å². The number of esters is 1. The van der Waals surface area contributed by atoms with Crippen LogP contribution in [0.1, 0.15) is 26.4 Å². The number of hydrogen-bond donors (Lipinski definition) is 1. The highest BCUT2D eigenvalue weighted by Crippen LogP contribution is 2.37. The summed E-state index contributed by atoms with van der Waals surface area (Å²) in [4.78, 5) is 15.6. The van der Waals surface area contributed by atoms with Crippen LogP contribution in [0.2, 0.25) is 0 Å². The number of ether oxygens (including phenoxy) is 1. The third-order valence-electron chi connectivity index (χ3n) is 5.43. The van der Waals surface area contributed by atoms with Gasteiger partial charge in [0.15, 0.2) is 0 Å². The first-order chi connectivity index (χ1) is 14.9. The van der Waals surface area contributed by atoms with Crippen LogP contribution in [0.25, 0.3) is 10.8 Å². The standard InChI is InChI=1S/C23H24N2O4S2/c1-3-12-24-31(27,28)23-21(22(26)29-2)19-11-13-25(15-20(19)30-23)14-17-9-6-8-16-7-4-5-10-18(16)17/h3-10,24H,1,11-15H2,2H3. The summed E-state index contributed by atoms with van der Waals surface area (Å²) in [6.45, 7) is 5.71. The monoisotopic (exact) mass is 456 g/mol. The van der Waals surface area contributed by atoms with Crippen LogP contribution in [0.4, 0.5) is 0 Å². The second-order valence-corrected chi connectivity index (χ2v) is 10.5. The van der Waals surface area contributed by atoms with Crippen molar-refractivity contribution in [3.05, 3.63) is 76.7 Å². The molecule has 0 bridgehead atoms. The van der Waals surface area contributed by atoms with E-state index in [1.54, 1.807) is 0 Å². The number of fused-ring (bicyclic) bond motifs is 2. The Labute approximate surface area is 186 Å². The Bertz CT molecular complexity index is 1240. The van der Waals surface area contributed by atoms with Crippen molar-refractivity contribution < 1.29 is 17.9 Å². The average Bonchev–Trinajstić information content (AvgIpc) is 3.17. The van der Waals surface area contributed by atoms with Crippen molar-refractivity contribution in [1.29, 1.82) is 0 Å². The van der Waals surface area contributed by atoms with Gasteiger partial charge >= 0.3 is 5.97 Å². The van der Waals surface area contributed by atoms with E-state index >= 15 is 0 Å². The molecular formula is C23H24N2O4S2. The number of methoxy groups -OCH3 is 1. The third kappa shape index (κ3) is 4.29. The minimum Gasteiger partial charge on any atom is -0.465 e. The second-order valence-electron chi connectivity index (χ2n) is 7.40. The summed E-state index contributed by atoms with van der Waals surface area (Å²) in [6.07, 6.45) is 2.06. The zero-order valence-corrected chi connectivity index (χ0v) is 18.9. The molecule has 0 saturated carbocycles. The molecule has 8 heteroatoms. The summed E-state index contributed by atoms with van der Waals surface area (Å²) in [5.74, 6) is -0.612. The summed E-state index contributed by atoms with van der Waals surface area (Å²) in [5.41, 5.74) is 2.18. The number of thiophene rings is 1. The molecule has 0 radical (unpaired) electrons. The average molecular weight is 457 g/mol. The SMILES string of the molecule is C=CCNS(=O)(=O)c1sc2c(c1C(=O)OC)CCN(Cc1cccc3ccccc13)C2. The molecule has 162 valence electrons. The van der Waals surface area contributed by atoms with E-state index in [2.05, 4.69) is 46.5 Å². The number of rotatable bonds is 7. The van der Waals surface area contributed by atoms with Gasteiger partial charge in [0.2, 0.25) is 0 Å². The lowest BCUT2D eigenvalue weighted by atomic mass is 10.0. The Morgan fingerprint density at radius 2 is 2.03 bits per heavy atom. The van der Waals surface area contributed by atoms with Gasteiger partial charge in [-0.05, 0) is 28.3 Å². The van der Waals surface area contributed by atoms with E-state index in [-0.39, 0.29) is 16.3 Å². The van der Waals surface area contributed by atoms with E-state index in [1.165, 1.54) is 29.5 Å². The Balaban J connectivity index is 1.66. The summed E-state index contributed by atoms with van der Waals surface area (Å²) in [6, 6.07) is 14.6. The van der Waals surface area contributed by atoms with Crippen molar-refractivity contribution in [2.75, 3.05) is 20.2 Å². The van der Waals surface area contributed by atoms with Crippen molar-refractivity contribution in [2.45, 2.75) is 23.7 Å². The minimum absolute atomic E-state index is 0.0261. The summed E-state index contributed by atoms with van der Waals surface area (Å²) < 4.78 is 33.0. The number of sulfonamides is 1. The Hall–Kier alpha value is -2.52. The molecule has 2 aromatic carbocycles. The first-order valence-corrected chi connectivity index (χ1v) is 12.3. The van der Waals surface area contributed by atoms with Gasteiger partial charge in [0.05, 0.1) is 12.7 Å². The van der Waals surface area contributed by atoms with Gasteiger partial charge in [0.1, 0.15) is 4.21 Å². The quantitative estimate of drug-likeness (QED) is 0.433. The number of carbonyl (C=O) groups excluding carboxylic acids is 1. The number of nitrogens with one attached hydrogen (secondary N) is 1. The normalized spacial score (nSPS) is 14.4. The van der Waals surface area contributed by atoms with Crippen LogP contribution >= 0.6 is 11.3 Å². The van der Waals surface area contributed by atoms with Crippen molar-refractivity contribution in [1.82, 2.24) is 9.62 Å². The molecule has 2 heterocycles. The van der Waals surface area contributed by atoms with Gasteiger partial charge < -0.3 is 4.74 Å². The molecule has 0 saturated heterocycles. The Kier molecular flexibility index (Phi) is 6.24. The summed E-state index contributed by atoms with van der Waals surface area (Å²) >= 11 is 1.15. The molecule has 3 aromatic rings. The van der Waals surface area contributed by atoms with Crippen LogP contribution in [0, 0.1) is 0 Å². The van der Waals surface area contributed by atoms with Crippen LogP contribution < -0.4 is 4.72 Å². The molecule has 4 rings (SSSR count). The minimum atomic E-state index is -3.83. The molecule has 0 aliphatic carbocycles. The molecule has 0 spiro atoms. The highest BCUT2D eigenvalue weighted by molar-refractivity contribution is 7.91. The topological polar surface area (TPSA) is 75.7 Å². The van der Waals surface area contributed by atoms with E-state index in [0.717, 1.165) is 34.9 Å². The first-order valence-electron chi connectivity index (χ1n) is 9.97. The number of hydrogen-bond acceptors (Lipinski definition) is 6. The molecule has 1 N–H and O–H groups in total. The van der Waals surface area contributed by atoms with Crippen LogP contribution in [0.3, 0.4) is 0 Å². The van der Waals surface area contributed by atoms with Crippen LogP contribution in [-0.2, 0) is 34.3 Å². The largest absolute Gasteiger partial charge is 0.465 e. The van der Waals surface area contributed by atoms with Gasteiger partial charge in [-0.3, -0.25) is 4.90 Å². The summed E-state index contributed by atoms with van der Waals surface area (Å²) in [5, 5.41) is 2.41. The van der Waals surface area contributed by atoms with Gasteiger partial charge in [-0.2, -0.15) is 0 Å². The molecule has 0 unspecified atom stereocenters. The molecule has 0 atom stereocenters. The Morgan fingerprint density at radius 1 is 1.26 bits per heavy atom. The lowest BCUT2D eigenvalue weighted by Gasteiger charge is -2.27. The predicted octanol–water partition coefficient (Wildman–Crippen LogP) is 3.71. The molecule has 1 aliphatic rings. The second kappa shape index (κ2) is 8.92. The molecule has 0 fully saturated rings. The fourth-order valence-electron chi connectivity index (χ4n) is 3.97. The lowest BCUT2D eigenvalue weighted by Crippen LogP contribution is -2.30. The van der Waals surface area contributed by atoms with E-state index in [0.29, 0.717) is 13.0 Å². The van der Waals surface area contributed by atoms with Gasteiger partial charge in [-0.25, -0.2) is 17.9 Å². The summed E-state index contributed by atoms with van der Waals surface area (Å²) in [7, 11) is -2.56. The smallest absolute Gasteiger partial charge is 0.340 e. The third-order valence-corrected chi connectivity index (χ3v) is 8.59. The zero-order chi connectivity index (χ0) is 22.0. The van der Waals surface area contributed by atoms with Crippen molar-refractivity contribution >= 4 is 38.1 Å². The van der Waals surface area contributed by atoms with Gasteiger partial charge in [-0.1, -0.05) is 48.5 Å². The molecule has 1 aliphatic heterocycles. The fraction of sp³-hybridized carbons (Fsp3) is 0.261. The van der Waals surface area contributed by atoms with Gasteiger partial charge in [0, 0.05) is 31.1 Å². The number of nitrogens with zero attached hydrogens (tertiary/aromatic N) is 1. The maximum Gasteiger partial charge on any atom is 0.340 e. The molecule has 1 aromatic heterocycles. The predicted molar refractivity (Wildman–Crippen MR) is 123 cm³/mol. The first kappa shape index (κ1) is 21.7. The van der Waals surface area contributed by atoms with Crippen molar-refractivity contribution in [3.63, 3.8) is 0 Å². The maximum absolute atomic E-state index is 12.8. The highest BCUT2D eigenvalue weighted by atomic mass is 32.2.